The van der Waals surface area contributed by atoms with Gasteiger partial charge < -0.3 is 20.3 Å². The number of para-hydroxylation sites is 1. The van der Waals surface area contributed by atoms with Crippen molar-refractivity contribution >= 4 is 36.2 Å². The second-order valence-corrected chi connectivity index (χ2v) is 11.2. The summed E-state index contributed by atoms with van der Waals surface area (Å²) in [5, 5.41) is 5.75. The van der Waals surface area contributed by atoms with Crippen molar-refractivity contribution in [1.82, 2.24) is 10.2 Å². The Morgan fingerprint density at radius 3 is 2.08 bits per heavy atom. The van der Waals surface area contributed by atoms with Crippen molar-refractivity contribution in [2.45, 2.75) is 85.9 Å². The number of hydrogen-bond donors (Lipinski definition) is 3. The summed E-state index contributed by atoms with van der Waals surface area (Å²) in [4.78, 5) is 42.1. The van der Waals surface area contributed by atoms with E-state index in [1.165, 1.54) is 0 Å². The summed E-state index contributed by atoms with van der Waals surface area (Å²) in [7, 11) is 0. The molecule has 0 aliphatic heterocycles. The van der Waals surface area contributed by atoms with E-state index in [9.17, 15) is 14.4 Å². The molecule has 0 saturated heterocycles. The van der Waals surface area contributed by atoms with Crippen LogP contribution in [0.25, 0.3) is 0 Å². The number of carbonyl (C=O) groups excluding carboxylic acids is 3. The van der Waals surface area contributed by atoms with Gasteiger partial charge >= 0.3 is 6.09 Å². The predicted molar refractivity (Wildman–Crippen MR) is 157 cm³/mol. The highest BCUT2D eigenvalue weighted by atomic mass is 32.1. The van der Waals surface area contributed by atoms with Crippen LogP contribution < -0.4 is 10.6 Å². The molecule has 0 radical (unpaired) electrons. The van der Waals surface area contributed by atoms with Crippen LogP contribution in [-0.4, -0.2) is 46.7 Å². The van der Waals surface area contributed by atoms with Crippen LogP contribution >= 0.6 is 12.6 Å². The molecule has 8 heteroatoms. The molecule has 2 aromatic rings. The van der Waals surface area contributed by atoms with Gasteiger partial charge in [0.25, 0.3) is 5.91 Å². The first-order chi connectivity index (χ1) is 17.8. The van der Waals surface area contributed by atoms with Crippen molar-refractivity contribution in [3.05, 3.63) is 64.2 Å². The summed E-state index contributed by atoms with van der Waals surface area (Å²) >= 11 is 4.36. The Labute approximate surface area is 233 Å². The number of thiol groups is 1. The third-order valence-electron chi connectivity index (χ3n) is 6.06. The lowest BCUT2D eigenvalue weighted by atomic mass is 9.97. The SMILES string of the molecule is CCCCN(C(=O)C(CS)NC(=O)OC(C)(C)C)C(C(=O)Nc1c(C)cccc1C)c1cc(C)cc(C)c1. The Morgan fingerprint density at radius 1 is 1.00 bits per heavy atom. The van der Waals surface area contributed by atoms with Gasteiger partial charge in [0.1, 0.15) is 17.7 Å². The van der Waals surface area contributed by atoms with E-state index in [2.05, 4.69) is 23.3 Å². The van der Waals surface area contributed by atoms with Crippen molar-refractivity contribution in [1.29, 1.82) is 0 Å². The lowest BCUT2D eigenvalue weighted by Crippen LogP contribution is -2.53. The number of amides is 3. The molecule has 0 heterocycles. The first-order valence-electron chi connectivity index (χ1n) is 13.1. The van der Waals surface area contributed by atoms with E-state index in [1.54, 1.807) is 25.7 Å². The average Bonchev–Trinajstić information content (AvgIpc) is 2.80. The maximum absolute atomic E-state index is 14.0. The molecule has 0 aliphatic rings. The molecule has 3 amide bonds. The van der Waals surface area contributed by atoms with Gasteiger partial charge in [-0.2, -0.15) is 12.6 Å². The number of rotatable bonds is 10. The maximum Gasteiger partial charge on any atom is 0.408 e. The van der Waals surface area contributed by atoms with Crippen LogP contribution in [0.4, 0.5) is 10.5 Å². The Hall–Kier alpha value is -3.00. The molecule has 0 saturated carbocycles. The van der Waals surface area contributed by atoms with Crippen molar-refractivity contribution in [2.24, 2.45) is 0 Å². The molecule has 208 valence electrons. The van der Waals surface area contributed by atoms with Crippen LogP contribution in [0.2, 0.25) is 0 Å². The number of anilines is 1. The second-order valence-electron chi connectivity index (χ2n) is 10.8. The molecule has 2 N–H and O–H groups in total. The summed E-state index contributed by atoms with van der Waals surface area (Å²) in [5.41, 5.74) is 4.57. The largest absolute Gasteiger partial charge is 0.444 e. The first kappa shape index (κ1) is 31.2. The van der Waals surface area contributed by atoms with Crippen LogP contribution in [0.5, 0.6) is 0 Å². The lowest BCUT2D eigenvalue weighted by molar-refractivity contribution is -0.140. The first-order valence-corrected chi connectivity index (χ1v) is 13.8. The zero-order chi connectivity index (χ0) is 28.6. The quantitative estimate of drug-likeness (QED) is 0.320. The molecule has 38 heavy (non-hydrogen) atoms. The molecule has 0 fully saturated rings. The molecule has 7 nitrogen and oxygen atoms in total. The van der Waals surface area contributed by atoms with Crippen molar-refractivity contribution in [2.75, 3.05) is 17.6 Å². The predicted octanol–water partition coefficient (Wildman–Crippen LogP) is 6.05. The van der Waals surface area contributed by atoms with E-state index in [4.69, 9.17) is 4.74 Å². The summed E-state index contributed by atoms with van der Waals surface area (Å²) in [6, 6.07) is 9.85. The lowest BCUT2D eigenvalue weighted by Gasteiger charge is -2.34. The Morgan fingerprint density at radius 2 is 1.58 bits per heavy atom. The minimum absolute atomic E-state index is 0.0544. The van der Waals surface area contributed by atoms with Crippen LogP contribution in [0.15, 0.2) is 36.4 Å². The van der Waals surface area contributed by atoms with E-state index in [0.717, 1.165) is 34.4 Å². The number of benzene rings is 2. The molecule has 2 aromatic carbocycles. The molecular formula is C30H43N3O4S. The highest BCUT2D eigenvalue weighted by Crippen LogP contribution is 2.28. The fraction of sp³-hybridized carbons (Fsp3) is 0.500. The van der Waals surface area contributed by atoms with E-state index in [-0.39, 0.29) is 17.6 Å². The number of nitrogens with one attached hydrogen (secondary N) is 2. The van der Waals surface area contributed by atoms with Gasteiger partial charge in [0, 0.05) is 18.0 Å². The summed E-state index contributed by atoms with van der Waals surface area (Å²) in [6.07, 6.45) is 0.811. The van der Waals surface area contributed by atoms with E-state index in [1.807, 2.05) is 71.0 Å². The Bertz CT molecular complexity index is 1100. The monoisotopic (exact) mass is 541 g/mol. The highest BCUT2D eigenvalue weighted by molar-refractivity contribution is 7.80. The number of hydrogen-bond acceptors (Lipinski definition) is 5. The molecule has 0 aromatic heterocycles. The zero-order valence-electron chi connectivity index (χ0n) is 24.0. The second kappa shape index (κ2) is 13.7. The van der Waals surface area contributed by atoms with Gasteiger partial charge in [-0.1, -0.05) is 60.9 Å². The minimum Gasteiger partial charge on any atom is -0.444 e. The zero-order valence-corrected chi connectivity index (χ0v) is 24.9. The third kappa shape index (κ3) is 8.79. The molecule has 0 aliphatic carbocycles. The van der Waals surface area contributed by atoms with Gasteiger partial charge in [-0.05, 0) is 71.6 Å². The van der Waals surface area contributed by atoms with Gasteiger partial charge in [-0.3, -0.25) is 9.59 Å². The topological polar surface area (TPSA) is 87.7 Å². The van der Waals surface area contributed by atoms with Crippen molar-refractivity contribution in [3.8, 4) is 0 Å². The molecule has 0 spiro atoms. The van der Waals surface area contributed by atoms with Gasteiger partial charge in [-0.15, -0.1) is 0 Å². The highest BCUT2D eigenvalue weighted by Gasteiger charge is 2.36. The van der Waals surface area contributed by atoms with E-state index >= 15 is 0 Å². The number of nitrogens with zero attached hydrogens (tertiary/aromatic N) is 1. The maximum atomic E-state index is 14.0. The molecular weight excluding hydrogens is 498 g/mol. The van der Waals surface area contributed by atoms with Gasteiger partial charge in [0.15, 0.2) is 0 Å². The molecule has 2 atom stereocenters. The van der Waals surface area contributed by atoms with Crippen LogP contribution in [-0.2, 0) is 14.3 Å². The Balaban J connectivity index is 2.56. The fourth-order valence-corrected chi connectivity index (χ4v) is 4.62. The van der Waals surface area contributed by atoms with E-state index < -0.39 is 23.8 Å². The number of unbranched alkanes of at least 4 members (excludes halogenated alkanes) is 1. The van der Waals surface area contributed by atoms with E-state index in [0.29, 0.717) is 18.5 Å². The number of aryl methyl sites for hydroxylation is 4. The van der Waals surface area contributed by atoms with Crippen LogP contribution in [0.1, 0.15) is 74.4 Å². The average molecular weight is 542 g/mol. The normalized spacial score (nSPS) is 12.9. The van der Waals surface area contributed by atoms with Gasteiger partial charge in [-0.25, -0.2) is 4.79 Å². The third-order valence-corrected chi connectivity index (χ3v) is 6.42. The molecule has 0 bridgehead atoms. The summed E-state index contributed by atoms with van der Waals surface area (Å²) < 4.78 is 5.38. The molecule has 2 unspecified atom stereocenters. The van der Waals surface area contributed by atoms with Crippen molar-refractivity contribution < 1.29 is 19.1 Å². The number of carbonyl (C=O) groups is 3. The van der Waals surface area contributed by atoms with Crippen LogP contribution in [0, 0.1) is 27.7 Å². The van der Waals surface area contributed by atoms with Crippen molar-refractivity contribution in [3.63, 3.8) is 0 Å². The summed E-state index contributed by atoms with van der Waals surface area (Å²) in [5.74, 6) is -0.647. The number of ether oxygens (including phenoxy) is 1. The molecule has 2 rings (SSSR count). The standard InChI is InChI=1S/C30H43N3O4S/c1-9-10-14-33(28(35)24(18-38)31-29(36)37-30(6,7)8)26(23-16-19(2)15-20(3)17-23)27(34)32-25-21(4)12-11-13-22(25)5/h11-13,15-17,24,26,38H,9-10,14,18H2,1-8H3,(H,31,36)(H,32,34). The summed E-state index contributed by atoms with van der Waals surface area (Å²) in [6.45, 7) is 15.5. The van der Waals surface area contributed by atoms with Gasteiger partial charge in [0.05, 0.1) is 0 Å². The van der Waals surface area contributed by atoms with Crippen LogP contribution in [0.3, 0.4) is 0 Å². The fourth-order valence-electron chi connectivity index (χ4n) is 4.37. The van der Waals surface area contributed by atoms with Gasteiger partial charge in [0.2, 0.25) is 5.91 Å². The Kier molecular flexibility index (Phi) is 11.2. The number of alkyl carbamates (subject to hydrolysis) is 1. The smallest absolute Gasteiger partial charge is 0.408 e. The minimum atomic E-state index is -0.966.